The van der Waals surface area contributed by atoms with Gasteiger partial charge in [-0.3, -0.25) is 10.1 Å². The van der Waals surface area contributed by atoms with Crippen LogP contribution in [0.1, 0.15) is 12.5 Å². The van der Waals surface area contributed by atoms with Gasteiger partial charge in [0.05, 0.1) is 11.0 Å². The second-order valence-corrected chi connectivity index (χ2v) is 4.33. The van der Waals surface area contributed by atoms with Crippen LogP contribution in [-0.2, 0) is 0 Å². The maximum atomic E-state index is 10.9. The minimum Gasteiger partial charge on any atom is -0.366 e. The Kier molecular flexibility index (Phi) is 3.28. The SMILES string of the molecule is CCN(c1ccc(C)c([N+](=O)[O-])c1)C1CNC1. The molecule has 0 saturated carbocycles. The smallest absolute Gasteiger partial charge is 0.274 e. The van der Waals surface area contributed by atoms with Crippen LogP contribution in [0.4, 0.5) is 11.4 Å². The third-order valence-electron chi connectivity index (χ3n) is 3.26. The first-order chi connectivity index (χ1) is 8.13. The Labute approximate surface area is 101 Å². The van der Waals surface area contributed by atoms with Crippen LogP contribution in [0.2, 0.25) is 0 Å². The van der Waals surface area contributed by atoms with Gasteiger partial charge in [0.25, 0.3) is 5.69 Å². The van der Waals surface area contributed by atoms with Crippen molar-refractivity contribution in [1.82, 2.24) is 5.32 Å². The summed E-state index contributed by atoms with van der Waals surface area (Å²) in [6.45, 7) is 6.62. The van der Waals surface area contributed by atoms with Crippen LogP contribution in [0, 0.1) is 17.0 Å². The number of nitrogens with zero attached hydrogens (tertiary/aromatic N) is 2. The highest BCUT2D eigenvalue weighted by molar-refractivity contribution is 5.57. The lowest BCUT2D eigenvalue weighted by atomic mass is 10.1. The van der Waals surface area contributed by atoms with E-state index in [1.165, 1.54) is 0 Å². The molecule has 1 aromatic rings. The van der Waals surface area contributed by atoms with Crippen molar-refractivity contribution < 1.29 is 4.92 Å². The lowest BCUT2D eigenvalue weighted by Crippen LogP contribution is -2.57. The van der Waals surface area contributed by atoms with Crippen molar-refractivity contribution in [1.29, 1.82) is 0 Å². The summed E-state index contributed by atoms with van der Waals surface area (Å²) in [5.74, 6) is 0. The van der Waals surface area contributed by atoms with Crippen molar-refractivity contribution in [2.24, 2.45) is 0 Å². The Morgan fingerprint density at radius 2 is 2.24 bits per heavy atom. The van der Waals surface area contributed by atoms with Crippen LogP contribution in [-0.4, -0.2) is 30.6 Å². The number of hydrogen-bond donors (Lipinski definition) is 1. The fraction of sp³-hybridized carbons (Fsp3) is 0.500. The van der Waals surface area contributed by atoms with Crippen molar-refractivity contribution in [3.8, 4) is 0 Å². The second kappa shape index (κ2) is 4.71. The monoisotopic (exact) mass is 235 g/mol. The fourth-order valence-electron chi connectivity index (χ4n) is 2.12. The molecule has 0 aromatic heterocycles. The van der Waals surface area contributed by atoms with Gasteiger partial charge in [-0.1, -0.05) is 6.07 Å². The molecule has 5 heteroatoms. The Balaban J connectivity index is 2.30. The third-order valence-corrected chi connectivity index (χ3v) is 3.26. The van der Waals surface area contributed by atoms with Crippen molar-refractivity contribution >= 4 is 11.4 Å². The second-order valence-electron chi connectivity index (χ2n) is 4.33. The van der Waals surface area contributed by atoms with E-state index in [4.69, 9.17) is 0 Å². The Morgan fingerprint density at radius 3 is 2.71 bits per heavy atom. The van der Waals surface area contributed by atoms with Gasteiger partial charge in [0.1, 0.15) is 0 Å². The molecule has 5 nitrogen and oxygen atoms in total. The number of rotatable bonds is 4. The van der Waals surface area contributed by atoms with E-state index in [9.17, 15) is 10.1 Å². The number of nitro benzene ring substituents is 1. The average Bonchev–Trinajstić information content (AvgIpc) is 2.23. The van der Waals surface area contributed by atoms with Gasteiger partial charge in [-0.05, 0) is 19.9 Å². The van der Waals surface area contributed by atoms with E-state index >= 15 is 0 Å². The normalized spacial score (nSPS) is 15.4. The quantitative estimate of drug-likeness (QED) is 0.637. The molecule has 1 heterocycles. The van der Waals surface area contributed by atoms with E-state index in [0.29, 0.717) is 11.6 Å². The Hall–Kier alpha value is -1.62. The van der Waals surface area contributed by atoms with Crippen LogP contribution < -0.4 is 10.2 Å². The first-order valence-corrected chi connectivity index (χ1v) is 5.86. The van der Waals surface area contributed by atoms with E-state index in [1.807, 2.05) is 12.1 Å². The maximum absolute atomic E-state index is 10.9. The molecule has 0 atom stereocenters. The molecule has 2 rings (SSSR count). The summed E-state index contributed by atoms with van der Waals surface area (Å²) in [5.41, 5.74) is 1.85. The molecule has 1 aliphatic heterocycles. The molecule has 92 valence electrons. The molecule has 1 saturated heterocycles. The molecule has 0 radical (unpaired) electrons. The number of nitro groups is 1. The zero-order valence-corrected chi connectivity index (χ0v) is 10.1. The van der Waals surface area contributed by atoms with Gasteiger partial charge in [0.15, 0.2) is 0 Å². The van der Waals surface area contributed by atoms with Crippen molar-refractivity contribution in [2.75, 3.05) is 24.5 Å². The number of anilines is 1. The molecule has 1 fully saturated rings. The maximum Gasteiger partial charge on any atom is 0.274 e. The van der Waals surface area contributed by atoms with Crippen LogP contribution in [0.3, 0.4) is 0 Å². The summed E-state index contributed by atoms with van der Waals surface area (Å²) < 4.78 is 0. The third kappa shape index (κ3) is 2.24. The Morgan fingerprint density at radius 1 is 1.53 bits per heavy atom. The van der Waals surface area contributed by atoms with E-state index in [1.54, 1.807) is 13.0 Å². The number of nitrogens with one attached hydrogen (secondary N) is 1. The minimum atomic E-state index is -0.314. The summed E-state index contributed by atoms with van der Waals surface area (Å²) in [6.07, 6.45) is 0. The van der Waals surface area contributed by atoms with E-state index in [-0.39, 0.29) is 10.6 Å². The number of aryl methyl sites for hydroxylation is 1. The molecule has 0 aliphatic carbocycles. The molecule has 0 amide bonds. The van der Waals surface area contributed by atoms with Crippen LogP contribution in [0.25, 0.3) is 0 Å². The molecule has 1 N–H and O–H groups in total. The zero-order chi connectivity index (χ0) is 12.4. The highest BCUT2D eigenvalue weighted by Gasteiger charge is 2.25. The van der Waals surface area contributed by atoms with E-state index in [2.05, 4.69) is 17.1 Å². The van der Waals surface area contributed by atoms with E-state index < -0.39 is 0 Å². The highest BCUT2D eigenvalue weighted by Crippen LogP contribution is 2.26. The first-order valence-electron chi connectivity index (χ1n) is 5.86. The van der Waals surface area contributed by atoms with Crippen LogP contribution >= 0.6 is 0 Å². The molecular formula is C12H17N3O2. The van der Waals surface area contributed by atoms with Crippen LogP contribution in [0.5, 0.6) is 0 Å². The minimum absolute atomic E-state index is 0.202. The molecule has 1 aliphatic rings. The van der Waals surface area contributed by atoms with Gasteiger partial charge in [-0.25, -0.2) is 0 Å². The number of likely N-dealkylation sites (N-methyl/N-ethyl adjacent to an activating group) is 1. The van der Waals surface area contributed by atoms with Crippen molar-refractivity contribution in [2.45, 2.75) is 19.9 Å². The van der Waals surface area contributed by atoms with E-state index in [0.717, 1.165) is 25.3 Å². The molecule has 17 heavy (non-hydrogen) atoms. The van der Waals surface area contributed by atoms with Gasteiger partial charge >= 0.3 is 0 Å². The zero-order valence-electron chi connectivity index (χ0n) is 10.1. The van der Waals surface area contributed by atoms with Gasteiger partial charge in [0.2, 0.25) is 0 Å². The Bertz CT molecular complexity index is 430. The number of benzene rings is 1. The average molecular weight is 235 g/mol. The van der Waals surface area contributed by atoms with Crippen molar-refractivity contribution in [3.63, 3.8) is 0 Å². The lowest BCUT2D eigenvalue weighted by molar-refractivity contribution is -0.385. The fourth-order valence-corrected chi connectivity index (χ4v) is 2.12. The highest BCUT2D eigenvalue weighted by atomic mass is 16.6. The van der Waals surface area contributed by atoms with Gasteiger partial charge in [-0.15, -0.1) is 0 Å². The van der Waals surface area contributed by atoms with Gasteiger partial charge in [-0.2, -0.15) is 0 Å². The molecule has 0 unspecified atom stereocenters. The summed E-state index contributed by atoms with van der Waals surface area (Å²) in [6, 6.07) is 5.92. The largest absolute Gasteiger partial charge is 0.366 e. The standard InChI is InChI=1S/C12H17N3O2/c1-3-14(11-7-13-8-11)10-5-4-9(2)12(6-10)15(16)17/h4-6,11,13H,3,7-8H2,1-2H3. The lowest BCUT2D eigenvalue weighted by Gasteiger charge is -2.39. The summed E-state index contributed by atoms with van der Waals surface area (Å²) in [7, 11) is 0. The molecule has 0 bridgehead atoms. The predicted molar refractivity (Wildman–Crippen MR) is 67.5 cm³/mol. The molecule has 1 aromatic carbocycles. The molecule has 0 spiro atoms. The number of hydrogen-bond acceptors (Lipinski definition) is 4. The molecular weight excluding hydrogens is 218 g/mol. The summed E-state index contributed by atoms with van der Waals surface area (Å²) in [4.78, 5) is 12.8. The summed E-state index contributed by atoms with van der Waals surface area (Å²) >= 11 is 0. The van der Waals surface area contributed by atoms with Crippen molar-refractivity contribution in [3.05, 3.63) is 33.9 Å². The van der Waals surface area contributed by atoms with Gasteiger partial charge < -0.3 is 10.2 Å². The predicted octanol–water partition coefficient (Wildman–Crippen LogP) is 1.70. The van der Waals surface area contributed by atoms with Gasteiger partial charge in [0, 0.05) is 37.0 Å². The summed E-state index contributed by atoms with van der Waals surface area (Å²) in [5, 5.41) is 14.1. The van der Waals surface area contributed by atoms with Crippen LogP contribution in [0.15, 0.2) is 18.2 Å². The first kappa shape index (κ1) is 11.9. The topological polar surface area (TPSA) is 58.4 Å².